The van der Waals surface area contributed by atoms with Crippen molar-refractivity contribution in [1.82, 2.24) is 20.4 Å². The SMILES string of the molecule is CN=C(NCc1ccc(OC)cc1)NCC1(N2CCCCC2)CCN(C)CC1.I. The quantitative estimate of drug-likeness (QED) is 0.347. The highest BCUT2D eigenvalue weighted by Gasteiger charge is 2.39. The number of nitrogens with one attached hydrogen (secondary N) is 2. The Morgan fingerprint density at radius 2 is 1.69 bits per heavy atom. The van der Waals surface area contributed by atoms with Crippen LogP contribution in [0.1, 0.15) is 37.7 Å². The van der Waals surface area contributed by atoms with E-state index < -0.39 is 0 Å². The molecule has 2 fully saturated rings. The maximum absolute atomic E-state index is 5.23. The maximum atomic E-state index is 5.23. The van der Waals surface area contributed by atoms with Gasteiger partial charge in [-0.25, -0.2) is 0 Å². The summed E-state index contributed by atoms with van der Waals surface area (Å²) < 4.78 is 5.23. The third kappa shape index (κ3) is 6.72. The molecular formula is C22H38IN5O. The molecule has 2 aliphatic heterocycles. The second kappa shape index (κ2) is 12.0. The Bertz CT molecular complexity index is 623. The highest BCUT2D eigenvalue weighted by Crippen LogP contribution is 2.30. The van der Waals surface area contributed by atoms with Crippen molar-refractivity contribution in [2.75, 3.05) is 53.9 Å². The van der Waals surface area contributed by atoms with E-state index in [2.05, 4.69) is 44.6 Å². The summed E-state index contributed by atoms with van der Waals surface area (Å²) in [6, 6.07) is 8.17. The zero-order chi connectivity index (χ0) is 19.8. The Morgan fingerprint density at radius 1 is 1.03 bits per heavy atom. The first-order valence-corrected chi connectivity index (χ1v) is 10.7. The van der Waals surface area contributed by atoms with Gasteiger partial charge in [0.2, 0.25) is 0 Å². The number of guanidine groups is 1. The van der Waals surface area contributed by atoms with E-state index in [4.69, 9.17) is 4.74 Å². The summed E-state index contributed by atoms with van der Waals surface area (Å²) in [5.74, 6) is 1.77. The van der Waals surface area contributed by atoms with E-state index in [9.17, 15) is 0 Å². The Hall–Kier alpha value is -1.06. The predicted octanol–water partition coefficient (Wildman–Crippen LogP) is 2.93. The predicted molar refractivity (Wildman–Crippen MR) is 131 cm³/mol. The normalized spacial score (nSPS) is 20.6. The average molecular weight is 515 g/mol. The van der Waals surface area contributed by atoms with Gasteiger partial charge in [-0.2, -0.15) is 0 Å². The van der Waals surface area contributed by atoms with E-state index in [0.29, 0.717) is 0 Å². The number of methoxy groups -OCH3 is 1. The van der Waals surface area contributed by atoms with Crippen LogP contribution >= 0.6 is 24.0 Å². The van der Waals surface area contributed by atoms with Crippen molar-refractivity contribution in [2.24, 2.45) is 4.99 Å². The third-order valence-electron chi connectivity index (χ3n) is 6.37. The van der Waals surface area contributed by atoms with Crippen LogP contribution in [0.2, 0.25) is 0 Å². The first-order chi connectivity index (χ1) is 13.6. The molecule has 1 aromatic rings. The standard InChI is InChI=1S/C22H37N5O.HI/c1-23-21(24-17-19-7-9-20(28-3)10-8-19)25-18-22(11-15-26(2)16-12-22)27-13-5-4-6-14-27;/h7-10H,4-6,11-18H2,1-3H3,(H2,23,24,25);1H. The molecule has 2 saturated heterocycles. The number of aliphatic imine (C=N–C) groups is 1. The average Bonchev–Trinajstić information content (AvgIpc) is 2.76. The van der Waals surface area contributed by atoms with Crippen molar-refractivity contribution in [1.29, 1.82) is 0 Å². The highest BCUT2D eigenvalue weighted by molar-refractivity contribution is 14.0. The molecular weight excluding hydrogens is 477 g/mol. The molecule has 6 nitrogen and oxygen atoms in total. The van der Waals surface area contributed by atoms with Crippen molar-refractivity contribution in [2.45, 2.75) is 44.2 Å². The van der Waals surface area contributed by atoms with Crippen LogP contribution in [0, 0.1) is 0 Å². The summed E-state index contributed by atoms with van der Waals surface area (Å²) in [5.41, 5.74) is 1.47. The fourth-order valence-electron chi connectivity index (χ4n) is 4.41. The maximum Gasteiger partial charge on any atom is 0.191 e. The lowest BCUT2D eigenvalue weighted by Gasteiger charge is -2.50. The van der Waals surface area contributed by atoms with Crippen LogP contribution in [0.5, 0.6) is 5.75 Å². The van der Waals surface area contributed by atoms with Gasteiger partial charge in [-0.05, 0) is 76.6 Å². The summed E-state index contributed by atoms with van der Waals surface area (Å²) in [4.78, 5) is 9.67. The minimum absolute atomic E-state index is 0. The van der Waals surface area contributed by atoms with Gasteiger partial charge in [-0.3, -0.25) is 9.89 Å². The lowest BCUT2D eigenvalue weighted by Crippen LogP contribution is -2.62. The molecule has 0 spiro atoms. The fourth-order valence-corrected chi connectivity index (χ4v) is 4.41. The molecule has 0 bridgehead atoms. The molecule has 1 aromatic carbocycles. The van der Waals surface area contributed by atoms with E-state index in [1.165, 1.54) is 63.8 Å². The molecule has 2 aliphatic rings. The van der Waals surface area contributed by atoms with Gasteiger partial charge in [0.15, 0.2) is 5.96 Å². The fraction of sp³-hybridized carbons (Fsp3) is 0.682. The van der Waals surface area contributed by atoms with Crippen molar-refractivity contribution in [3.05, 3.63) is 29.8 Å². The highest BCUT2D eigenvalue weighted by atomic mass is 127. The molecule has 0 amide bonds. The molecule has 0 radical (unpaired) electrons. The lowest BCUT2D eigenvalue weighted by molar-refractivity contribution is 0.0173. The molecule has 0 aromatic heterocycles. The van der Waals surface area contributed by atoms with Crippen LogP contribution in [0.4, 0.5) is 0 Å². The van der Waals surface area contributed by atoms with Crippen LogP contribution in [0.3, 0.4) is 0 Å². The molecule has 0 unspecified atom stereocenters. The molecule has 3 rings (SSSR count). The monoisotopic (exact) mass is 515 g/mol. The molecule has 0 atom stereocenters. The minimum Gasteiger partial charge on any atom is -0.497 e. The molecule has 0 aliphatic carbocycles. The summed E-state index contributed by atoms with van der Waals surface area (Å²) >= 11 is 0. The number of piperidine rings is 2. The topological polar surface area (TPSA) is 52.1 Å². The van der Waals surface area contributed by atoms with Crippen molar-refractivity contribution >= 4 is 29.9 Å². The van der Waals surface area contributed by atoms with Gasteiger partial charge in [-0.1, -0.05) is 18.6 Å². The molecule has 2 N–H and O–H groups in total. The van der Waals surface area contributed by atoms with Gasteiger partial charge >= 0.3 is 0 Å². The number of nitrogens with zero attached hydrogens (tertiary/aromatic N) is 3. The van der Waals surface area contributed by atoms with Gasteiger partial charge < -0.3 is 20.3 Å². The van der Waals surface area contributed by atoms with E-state index in [-0.39, 0.29) is 29.5 Å². The molecule has 2 heterocycles. The number of benzene rings is 1. The van der Waals surface area contributed by atoms with Crippen LogP contribution in [-0.2, 0) is 6.54 Å². The van der Waals surface area contributed by atoms with Gasteiger partial charge in [0, 0.05) is 25.7 Å². The van der Waals surface area contributed by atoms with Crippen molar-refractivity contribution < 1.29 is 4.74 Å². The summed E-state index contributed by atoms with van der Waals surface area (Å²) in [7, 11) is 5.79. The Labute approximate surface area is 193 Å². The zero-order valence-corrected chi connectivity index (χ0v) is 20.6. The van der Waals surface area contributed by atoms with E-state index >= 15 is 0 Å². The van der Waals surface area contributed by atoms with Crippen LogP contribution in [-0.4, -0.2) is 75.2 Å². The first kappa shape index (κ1) is 24.2. The van der Waals surface area contributed by atoms with E-state index in [1.807, 2.05) is 19.2 Å². The summed E-state index contributed by atoms with van der Waals surface area (Å²) in [6.07, 6.45) is 6.51. The first-order valence-electron chi connectivity index (χ1n) is 10.7. The van der Waals surface area contributed by atoms with Crippen LogP contribution in [0.15, 0.2) is 29.3 Å². The van der Waals surface area contributed by atoms with Crippen molar-refractivity contribution in [3.8, 4) is 5.75 Å². The number of rotatable bonds is 6. The lowest BCUT2D eigenvalue weighted by atomic mass is 9.84. The summed E-state index contributed by atoms with van der Waals surface area (Å²) in [5, 5.41) is 7.10. The van der Waals surface area contributed by atoms with Gasteiger partial charge in [0.25, 0.3) is 0 Å². The second-order valence-electron chi connectivity index (χ2n) is 8.20. The van der Waals surface area contributed by atoms with E-state index in [1.54, 1.807) is 7.11 Å². The minimum atomic E-state index is 0. The Kier molecular flexibility index (Phi) is 9.98. The smallest absolute Gasteiger partial charge is 0.191 e. The van der Waals surface area contributed by atoms with Gasteiger partial charge in [0.1, 0.15) is 5.75 Å². The third-order valence-corrected chi connectivity index (χ3v) is 6.37. The number of likely N-dealkylation sites (tertiary alicyclic amines) is 2. The molecule has 0 saturated carbocycles. The van der Waals surface area contributed by atoms with Gasteiger partial charge in [-0.15, -0.1) is 24.0 Å². The number of hydrogen-bond donors (Lipinski definition) is 2. The number of hydrogen-bond acceptors (Lipinski definition) is 4. The zero-order valence-electron chi connectivity index (χ0n) is 18.2. The van der Waals surface area contributed by atoms with Crippen molar-refractivity contribution in [3.63, 3.8) is 0 Å². The second-order valence-corrected chi connectivity index (χ2v) is 8.20. The largest absolute Gasteiger partial charge is 0.497 e. The van der Waals surface area contributed by atoms with Gasteiger partial charge in [0.05, 0.1) is 7.11 Å². The Morgan fingerprint density at radius 3 is 2.28 bits per heavy atom. The molecule has 164 valence electrons. The van der Waals surface area contributed by atoms with Crippen LogP contribution < -0.4 is 15.4 Å². The van der Waals surface area contributed by atoms with Crippen LogP contribution in [0.25, 0.3) is 0 Å². The van der Waals surface area contributed by atoms with E-state index in [0.717, 1.165) is 24.8 Å². The Balaban J connectivity index is 0.00000300. The molecule has 29 heavy (non-hydrogen) atoms. The number of ether oxygens (including phenoxy) is 1. The summed E-state index contributed by atoms with van der Waals surface area (Å²) in [6.45, 7) is 6.55. The molecule has 7 heteroatoms. The number of halogens is 1.